The average Bonchev–Trinajstić information content (AvgIpc) is 2.99. The summed E-state index contributed by atoms with van der Waals surface area (Å²) in [4.78, 5) is 9.22. The van der Waals surface area contributed by atoms with Crippen LogP contribution in [-0.4, -0.2) is 35.3 Å². The van der Waals surface area contributed by atoms with E-state index in [0.29, 0.717) is 30.8 Å². The summed E-state index contributed by atoms with van der Waals surface area (Å²) in [5.41, 5.74) is 8.61. The molecule has 3 rings (SSSR count). The van der Waals surface area contributed by atoms with Crippen molar-refractivity contribution in [2.45, 2.75) is 46.1 Å². The summed E-state index contributed by atoms with van der Waals surface area (Å²) < 4.78 is 28.7. The number of hydrogen-bond acceptors (Lipinski definition) is 5. The van der Waals surface area contributed by atoms with E-state index < -0.39 is 10.0 Å². The van der Waals surface area contributed by atoms with Gasteiger partial charge in [-0.25, -0.2) is 23.1 Å². The molecule has 0 bridgehead atoms. The molecule has 2 heterocycles. The molecule has 146 valence electrons. The zero-order valence-electron chi connectivity index (χ0n) is 15.9. The van der Waals surface area contributed by atoms with Crippen molar-refractivity contribution in [3.05, 3.63) is 30.1 Å². The summed E-state index contributed by atoms with van der Waals surface area (Å²) in [5.74, 6) is 1.47. The zero-order valence-corrected chi connectivity index (χ0v) is 16.7. The number of hydrogen-bond donors (Lipinski definition) is 2. The fourth-order valence-corrected chi connectivity index (χ4v) is 4.41. The Bertz CT molecular complexity index is 1040. The molecular weight excluding hydrogens is 362 g/mol. The maximum absolute atomic E-state index is 12.0. The van der Waals surface area contributed by atoms with Crippen molar-refractivity contribution in [2.75, 3.05) is 18.0 Å². The van der Waals surface area contributed by atoms with E-state index in [-0.39, 0.29) is 5.75 Å². The smallest absolute Gasteiger partial charge is 0.211 e. The van der Waals surface area contributed by atoms with Crippen molar-refractivity contribution in [1.29, 1.82) is 0 Å². The lowest BCUT2D eigenvalue weighted by atomic mass is 10.2. The monoisotopic (exact) mass is 389 g/mol. The van der Waals surface area contributed by atoms with Crippen LogP contribution in [0.5, 0.6) is 0 Å². The number of nitrogens with one attached hydrogen (secondary N) is 1. The molecule has 0 spiro atoms. The highest BCUT2D eigenvalue weighted by molar-refractivity contribution is 7.89. The van der Waals surface area contributed by atoms with Crippen molar-refractivity contribution in [2.24, 2.45) is 0 Å². The van der Waals surface area contributed by atoms with Gasteiger partial charge in [0, 0.05) is 24.9 Å². The number of anilines is 1. The lowest BCUT2D eigenvalue weighted by molar-refractivity contribution is 0.568. The molecule has 3 aromatic rings. The lowest BCUT2D eigenvalue weighted by Gasteiger charge is -2.12. The summed E-state index contributed by atoms with van der Waals surface area (Å²) in [6.45, 7) is 4.82. The fourth-order valence-electron chi connectivity index (χ4n) is 3.33. The number of benzene rings is 1. The largest absolute Gasteiger partial charge is 0.382 e. The van der Waals surface area contributed by atoms with Crippen molar-refractivity contribution >= 4 is 37.8 Å². The van der Waals surface area contributed by atoms with E-state index in [4.69, 9.17) is 10.7 Å². The number of unbranched alkanes of at least 4 members (excludes halogenated alkanes) is 1. The van der Waals surface area contributed by atoms with Gasteiger partial charge in [-0.05, 0) is 18.9 Å². The molecule has 0 saturated carbocycles. The minimum Gasteiger partial charge on any atom is -0.382 e. The molecule has 0 amide bonds. The first-order valence-corrected chi connectivity index (χ1v) is 11.1. The van der Waals surface area contributed by atoms with Crippen molar-refractivity contribution in [3.63, 3.8) is 0 Å². The predicted molar refractivity (Wildman–Crippen MR) is 110 cm³/mol. The van der Waals surface area contributed by atoms with Crippen LogP contribution >= 0.6 is 0 Å². The van der Waals surface area contributed by atoms with E-state index in [9.17, 15) is 8.42 Å². The quantitative estimate of drug-likeness (QED) is 0.586. The Balaban J connectivity index is 2.04. The summed E-state index contributed by atoms with van der Waals surface area (Å²) in [6.07, 6.45) is 3.48. The number of fused-ring (bicyclic) bond motifs is 3. The van der Waals surface area contributed by atoms with Gasteiger partial charge in [-0.15, -0.1) is 0 Å². The van der Waals surface area contributed by atoms with E-state index in [1.54, 1.807) is 0 Å². The molecule has 8 heteroatoms. The van der Waals surface area contributed by atoms with E-state index in [0.717, 1.165) is 41.5 Å². The van der Waals surface area contributed by atoms with E-state index in [1.807, 2.05) is 31.2 Å². The molecule has 0 atom stereocenters. The highest BCUT2D eigenvalue weighted by atomic mass is 32.2. The third-order valence-electron chi connectivity index (χ3n) is 4.57. The van der Waals surface area contributed by atoms with Gasteiger partial charge in [0.1, 0.15) is 11.3 Å². The number of para-hydroxylation sites is 1. The second-order valence-electron chi connectivity index (χ2n) is 6.71. The Kier molecular flexibility index (Phi) is 5.96. The van der Waals surface area contributed by atoms with Gasteiger partial charge in [-0.2, -0.15) is 0 Å². The Labute approximate surface area is 160 Å². The second kappa shape index (κ2) is 8.22. The molecule has 0 fully saturated rings. The standard InChI is InChI=1S/C19H27N5O2S/c1-3-5-10-16-23-17-18(14-8-6-7-9-15(14)22-19(17)20)24(16)12-11-21-27(25,26)13-4-2/h6-9,21H,3-5,10-13H2,1-2H3,(H2,20,22). The van der Waals surface area contributed by atoms with Gasteiger partial charge in [-0.1, -0.05) is 38.5 Å². The third-order valence-corrected chi connectivity index (χ3v) is 6.16. The molecule has 0 aliphatic carbocycles. The first-order valence-electron chi connectivity index (χ1n) is 9.47. The maximum atomic E-state index is 12.0. The van der Waals surface area contributed by atoms with Crippen LogP contribution < -0.4 is 10.5 Å². The summed E-state index contributed by atoms with van der Waals surface area (Å²) >= 11 is 0. The minimum absolute atomic E-state index is 0.139. The molecular formula is C19H27N5O2S. The number of nitrogens with two attached hydrogens (primary N) is 1. The van der Waals surface area contributed by atoms with Crippen LogP contribution in [0.3, 0.4) is 0 Å². The molecule has 0 radical (unpaired) electrons. The van der Waals surface area contributed by atoms with Gasteiger partial charge < -0.3 is 10.3 Å². The molecule has 0 unspecified atom stereocenters. The van der Waals surface area contributed by atoms with E-state index >= 15 is 0 Å². The second-order valence-corrected chi connectivity index (χ2v) is 8.63. The maximum Gasteiger partial charge on any atom is 0.211 e. The predicted octanol–water partition coefficient (Wildman–Crippen LogP) is 2.84. The number of rotatable bonds is 9. The van der Waals surface area contributed by atoms with Crippen LogP contribution in [0.4, 0.5) is 5.82 Å². The van der Waals surface area contributed by atoms with Crippen LogP contribution in [0, 0.1) is 0 Å². The molecule has 3 N–H and O–H groups in total. The summed E-state index contributed by atoms with van der Waals surface area (Å²) in [6, 6.07) is 7.83. The fraction of sp³-hybridized carbons (Fsp3) is 0.474. The van der Waals surface area contributed by atoms with Crippen LogP contribution in [0.1, 0.15) is 38.9 Å². The van der Waals surface area contributed by atoms with Crippen molar-refractivity contribution in [1.82, 2.24) is 19.3 Å². The van der Waals surface area contributed by atoms with Gasteiger partial charge >= 0.3 is 0 Å². The Morgan fingerprint density at radius 2 is 1.93 bits per heavy atom. The molecule has 1 aromatic carbocycles. The number of aryl methyl sites for hydroxylation is 1. The van der Waals surface area contributed by atoms with Crippen molar-refractivity contribution in [3.8, 4) is 0 Å². The first-order chi connectivity index (χ1) is 13.0. The summed E-state index contributed by atoms with van der Waals surface area (Å²) in [5, 5.41) is 0.980. The topological polar surface area (TPSA) is 103 Å². The Morgan fingerprint density at radius 1 is 1.15 bits per heavy atom. The Morgan fingerprint density at radius 3 is 2.67 bits per heavy atom. The van der Waals surface area contributed by atoms with Crippen LogP contribution in [0.15, 0.2) is 24.3 Å². The number of imidazole rings is 1. The third kappa shape index (κ3) is 4.22. The molecule has 0 aliphatic heterocycles. The van der Waals surface area contributed by atoms with Gasteiger partial charge in [-0.3, -0.25) is 0 Å². The minimum atomic E-state index is -3.24. The van der Waals surface area contributed by atoms with E-state index in [2.05, 4.69) is 21.2 Å². The van der Waals surface area contributed by atoms with Gasteiger partial charge in [0.2, 0.25) is 10.0 Å². The Hall–Kier alpha value is -2.19. The van der Waals surface area contributed by atoms with Gasteiger partial charge in [0.25, 0.3) is 0 Å². The van der Waals surface area contributed by atoms with Gasteiger partial charge in [0.15, 0.2) is 5.82 Å². The number of sulfonamides is 1. The SMILES string of the molecule is CCCCc1nc2c(N)nc3ccccc3c2n1CCNS(=O)(=O)CCC. The highest BCUT2D eigenvalue weighted by Crippen LogP contribution is 2.29. The molecule has 0 saturated heterocycles. The average molecular weight is 390 g/mol. The summed E-state index contributed by atoms with van der Waals surface area (Å²) in [7, 11) is -3.24. The number of pyridine rings is 1. The molecule has 2 aromatic heterocycles. The lowest BCUT2D eigenvalue weighted by Crippen LogP contribution is -2.29. The van der Waals surface area contributed by atoms with Crippen LogP contribution in [0.2, 0.25) is 0 Å². The number of nitrogens with zero attached hydrogens (tertiary/aromatic N) is 3. The van der Waals surface area contributed by atoms with Crippen LogP contribution in [-0.2, 0) is 23.0 Å². The van der Waals surface area contributed by atoms with Gasteiger partial charge in [0.05, 0.1) is 16.8 Å². The first kappa shape index (κ1) is 19.6. The van der Waals surface area contributed by atoms with Crippen LogP contribution in [0.25, 0.3) is 21.9 Å². The van der Waals surface area contributed by atoms with E-state index in [1.165, 1.54) is 0 Å². The highest BCUT2D eigenvalue weighted by Gasteiger charge is 2.17. The molecule has 7 nitrogen and oxygen atoms in total. The molecule has 0 aliphatic rings. The zero-order chi connectivity index (χ0) is 19.4. The normalized spacial score (nSPS) is 12.2. The number of nitrogen functional groups attached to an aromatic ring is 1. The van der Waals surface area contributed by atoms with Crippen molar-refractivity contribution < 1.29 is 8.42 Å². The number of aromatic nitrogens is 3. The molecule has 27 heavy (non-hydrogen) atoms.